The van der Waals surface area contributed by atoms with Gasteiger partial charge in [-0.1, -0.05) is 57.8 Å². The highest BCUT2D eigenvalue weighted by atomic mass is 16.3. The number of aliphatic hydroxyl groups excluding tert-OH is 1. The van der Waals surface area contributed by atoms with E-state index >= 15 is 0 Å². The van der Waals surface area contributed by atoms with Crippen LogP contribution >= 0.6 is 0 Å². The van der Waals surface area contributed by atoms with Crippen molar-refractivity contribution in [2.45, 2.75) is 102 Å². The monoisotopic (exact) mass is 253 g/mol. The highest BCUT2D eigenvalue weighted by Crippen LogP contribution is 2.23. The van der Waals surface area contributed by atoms with Crippen molar-refractivity contribution in [1.29, 1.82) is 0 Å². The van der Waals surface area contributed by atoms with Gasteiger partial charge in [-0.05, 0) is 25.7 Å². The molecule has 0 saturated heterocycles. The van der Waals surface area contributed by atoms with Crippen LogP contribution in [0, 0.1) is 0 Å². The number of nitrogens with one attached hydrogen (secondary N) is 1. The van der Waals surface area contributed by atoms with Gasteiger partial charge in [-0.3, -0.25) is 0 Å². The third kappa shape index (κ3) is 4.89. The first-order valence-electron chi connectivity index (χ1n) is 8.30. The van der Waals surface area contributed by atoms with E-state index in [0.29, 0.717) is 12.1 Å². The van der Waals surface area contributed by atoms with Crippen molar-refractivity contribution in [3.8, 4) is 0 Å². The molecule has 2 saturated carbocycles. The molecule has 2 heteroatoms. The van der Waals surface area contributed by atoms with Gasteiger partial charge in [0.1, 0.15) is 0 Å². The molecule has 2 fully saturated rings. The molecule has 106 valence electrons. The molecule has 0 unspecified atom stereocenters. The molecule has 0 aromatic heterocycles. The van der Waals surface area contributed by atoms with Crippen LogP contribution in [0.1, 0.15) is 83.5 Å². The number of aliphatic hydroxyl groups is 1. The van der Waals surface area contributed by atoms with Crippen molar-refractivity contribution in [3.63, 3.8) is 0 Å². The Morgan fingerprint density at radius 2 is 1.11 bits per heavy atom. The van der Waals surface area contributed by atoms with Crippen LogP contribution in [-0.2, 0) is 0 Å². The molecule has 2 N–H and O–H groups in total. The topological polar surface area (TPSA) is 32.3 Å². The van der Waals surface area contributed by atoms with Crippen molar-refractivity contribution >= 4 is 0 Å². The quantitative estimate of drug-likeness (QED) is 0.785. The van der Waals surface area contributed by atoms with Crippen LogP contribution in [-0.4, -0.2) is 23.3 Å². The number of hydrogen-bond acceptors (Lipinski definition) is 2. The molecule has 0 amide bonds. The Balaban J connectivity index is 1.70. The second-order valence-electron chi connectivity index (χ2n) is 6.37. The lowest BCUT2D eigenvalue weighted by atomic mass is 9.87. The van der Waals surface area contributed by atoms with Crippen LogP contribution in [0.15, 0.2) is 0 Å². The number of rotatable bonds is 2. The predicted octanol–water partition coefficient (Wildman–Crippen LogP) is 3.77. The minimum atomic E-state index is -0.0635. The second-order valence-corrected chi connectivity index (χ2v) is 6.37. The largest absolute Gasteiger partial charge is 0.392 e. The summed E-state index contributed by atoms with van der Waals surface area (Å²) in [6.45, 7) is 0. The van der Waals surface area contributed by atoms with Crippen molar-refractivity contribution in [2.75, 3.05) is 0 Å². The van der Waals surface area contributed by atoms with E-state index in [-0.39, 0.29) is 6.10 Å². The molecule has 2 atom stereocenters. The SMILES string of the molecule is O[C@H]1CC[C@@H]1NC1CCCCCCCCCCC1. The minimum absolute atomic E-state index is 0.0635. The highest BCUT2D eigenvalue weighted by molar-refractivity contribution is 4.88. The van der Waals surface area contributed by atoms with E-state index in [9.17, 15) is 5.11 Å². The maximum Gasteiger partial charge on any atom is 0.0693 e. The van der Waals surface area contributed by atoms with Gasteiger partial charge in [0.2, 0.25) is 0 Å². The van der Waals surface area contributed by atoms with Gasteiger partial charge in [-0.25, -0.2) is 0 Å². The molecule has 0 aromatic carbocycles. The Morgan fingerprint density at radius 3 is 1.50 bits per heavy atom. The van der Waals surface area contributed by atoms with Crippen LogP contribution in [0.5, 0.6) is 0 Å². The molecular weight excluding hydrogens is 222 g/mol. The summed E-state index contributed by atoms with van der Waals surface area (Å²) in [5, 5.41) is 13.4. The van der Waals surface area contributed by atoms with Crippen LogP contribution in [0.3, 0.4) is 0 Å². The standard InChI is InChI=1S/C16H31NO/c18-16-13-12-15(16)17-14-10-8-6-4-2-1-3-5-7-9-11-14/h14-18H,1-13H2/t15-,16-/m0/s1. The Morgan fingerprint density at radius 1 is 0.611 bits per heavy atom. The zero-order valence-electron chi connectivity index (χ0n) is 11.9. The maximum absolute atomic E-state index is 9.68. The Kier molecular flexibility index (Phi) is 6.50. The first-order chi connectivity index (χ1) is 8.86. The minimum Gasteiger partial charge on any atom is -0.392 e. The van der Waals surface area contributed by atoms with E-state index in [1.165, 1.54) is 77.0 Å². The van der Waals surface area contributed by atoms with E-state index in [1.807, 2.05) is 0 Å². The summed E-state index contributed by atoms with van der Waals surface area (Å²) in [6, 6.07) is 1.08. The van der Waals surface area contributed by atoms with Gasteiger partial charge in [0.15, 0.2) is 0 Å². The molecule has 2 aliphatic carbocycles. The smallest absolute Gasteiger partial charge is 0.0693 e. The molecule has 2 nitrogen and oxygen atoms in total. The molecule has 0 bridgehead atoms. The van der Waals surface area contributed by atoms with Gasteiger partial charge in [-0.15, -0.1) is 0 Å². The lowest BCUT2D eigenvalue weighted by molar-refractivity contribution is 0.0422. The Labute approximate surface area is 113 Å². The average molecular weight is 253 g/mol. The predicted molar refractivity (Wildman–Crippen MR) is 76.7 cm³/mol. The summed E-state index contributed by atoms with van der Waals surface area (Å²) >= 11 is 0. The van der Waals surface area contributed by atoms with Crippen molar-refractivity contribution in [2.24, 2.45) is 0 Å². The fourth-order valence-electron chi connectivity index (χ4n) is 3.31. The van der Waals surface area contributed by atoms with Gasteiger partial charge in [0.25, 0.3) is 0 Å². The van der Waals surface area contributed by atoms with Gasteiger partial charge < -0.3 is 10.4 Å². The zero-order valence-corrected chi connectivity index (χ0v) is 11.9. The first-order valence-corrected chi connectivity index (χ1v) is 8.30. The lowest BCUT2D eigenvalue weighted by Crippen LogP contribution is -2.51. The summed E-state index contributed by atoms with van der Waals surface area (Å²) in [7, 11) is 0. The van der Waals surface area contributed by atoms with E-state index in [2.05, 4.69) is 5.32 Å². The number of hydrogen-bond donors (Lipinski definition) is 2. The van der Waals surface area contributed by atoms with Crippen molar-refractivity contribution < 1.29 is 5.11 Å². The fourth-order valence-corrected chi connectivity index (χ4v) is 3.31. The highest BCUT2D eigenvalue weighted by Gasteiger charge is 2.30. The lowest BCUT2D eigenvalue weighted by Gasteiger charge is -2.36. The Bertz CT molecular complexity index is 207. The average Bonchev–Trinajstić information content (AvgIpc) is 2.36. The molecule has 0 aromatic rings. The van der Waals surface area contributed by atoms with Crippen molar-refractivity contribution in [3.05, 3.63) is 0 Å². The maximum atomic E-state index is 9.68. The van der Waals surface area contributed by atoms with Crippen LogP contribution in [0.2, 0.25) is 0 Å². The summed E-state index contributed by atoms with van der Waals surface area (Å²) in [4.78, 5) is 0. The van der Waals surface area contributed by atoms with E-state index < -0.39 is 0 Å². The molecule has 0 aliphatic heterocycles. The third-order valence-electron chi connectivity index (χ3n) is 4.79. The summed E-state index contributed by atoms with van der Waals surface area (Å²) in [6.07, 6.45) is 17.5. The van der Waals surface area contributed by atoms with Gasteiger partial charge in [0, 0.05) is 12.1 Å². The summed E-state index contributed by atoms with van der Waals surface area (Å²) in [5.74, 6) is 0. The molecule has 0 heterocycles. The molecule has 0 radical (unpaired) electrons. The van der Waals surface area contributed by atoms with E-state index in [4.69, 9.17) is 0 Å². The van der Waals surface area contributed by atoms with Gasteiger partial charge in [-0.2, -0.15) is 0 Å². The molecule has 2 rings (SSSR count). The van der Waals surface area contributed by atoms with Gasteiger partial charge >= 0.3 is 0 Å². The van der Waals surface area contributed by atoms with Crippen LogP contribution < -0.4 is 5.32 Å². The third-order valence-corrected chi connectivity index (χ3v) is 4.79. The fraction of sp³-hybridized carbons (Fsp3) is 1.00. The molecule has 0 spiro atoms. The molecule has 18 heavy (non-hydrogen) atoms. The Hall–Kier alpha value is -0.0800. The van der Waals surface area contributed by atoms with Gasteiger partial charge in [0.05, 0.1) is 6.10 Å². The zero-order chi connectivity index (χ0) is 12.6. The van der Waals surface area contributed by atoms with E-state index in [1.54, 1.807) is 0 Å². The van der Waals surface area contributed by atoms with Crippen LogP contribution in [0.25, 0.3) is 0 Å². The molecule has 2 aliphatic rings. The first kappa shape index (κ1) is 14.3. The van der Waals surface area contributed by atoms with Crippen molar-refractivity contribution in [1.82, 2.24) is 5.32 Å². The second kappa shape index (κ2) is 8.16. The van der Waals surface area contributed by atoms with E-state index in [0.717, 1.165) is 6.42 Å². The van der Waals surface area contributed by atoms with Crippen LogP contribution in [0.4, 0.5) is 0 Å². The normalized spacial score (nSPS) is 33.2. The summed E-state index contributed by atoms with van der Waals surface area (Å²) in [5.41, 5.74) is 0. The molecular formula is C16H31NO. The summed E-state index contributed by atoms with van der Waals surface area (Å²) < 4.78 is 0.